The van der Waals surface area contributed by atoms with Gasteiger partial charge in [-0.15, -0.1) is 11.8 Å². The molecule has 1 aromatic rings. The van der Waals surface area contributed by atoms with Crippen LogP contribution in [0.5, 0.6) is 0 Å². The van der Waals surface area contributed by atoms with Gasteiger partial charge in [-0.2, -0.15) is 11.8 Å². The minimum atomic E-state index is -0.220. The summed E-state index contributed by atoms with van der Waals surface area (Å²) >= 11 is 3.76. The molecular formula is C17H24O2S2. The SMILES string of the molecule is Cc1cccc(SCC(O)C2CCOC3(CCSC3)C2)c1. The molecular weight excluding hydrogens is 300 g/mol. The van der Waals surface area contributed by atoms with Crippen molar-refractivity contribution in [3.8, 4) is 0 Å². The average Bonchev–Trinajstić information content (AvgIpc) is 2.93. The van der Waals surface area contributed by atoms with Crippen LogP contribution >= 0.6 is 23.5 Å². The van der Waals surface area contributed by atoms with Gasteiger partial charge in [-0.05, 0) is 50.0 Å². The standard InChI is InChI=1S/C17H24O2S2/c1-13-3-2-4-15(9-13)21-11-16(18)14-5-7-19-17(10-14)6-8-20-12-17/h2-4,9,14,16,18H,5-8,10-12H2,1H3. The highest BCUT2D eigenvalue weighted by Crippen LogP contribution is 2.41. The summed E-state index contributed by atoms with van der Waals surface area (Å²) in [5.74, 6) is 3.51. The molecule has 0 radical (unpaired) electrons. The summed E-state index contributed by atoms with van der Waals surface area (Å²) in [6.45, 7) is 2.93. The summed E-state index contributed by atoms with van der Waals surface area (Å²) < 4.78 is 6.05. The lowest BCUT2D eigenvalue weighted by molar-refractivity contribution is -0.0977. The summed E-state index contributed by atoms with van der Waals surface area (Å²) in [5, 5.41) is 10.6. The average molecular weight is 325 g/mol. The monoisotopic (exact) mass is 324 g/mol. The Hall–Kier alpha value is -0.160. The molecule has 116 valence electrons. The van der Waals surface area contributed by atoms with Crippen LogP contribution in [0.15, 0.2) is 29.2 Å². The Labute approximate surface area is 136 Å². The van der Waals surface area contributed by atoms with Gasteiger partial charge in [0.05, 0.1) is 11.7 Å². The normalized spacial score (nSPS) is 30.7. The topological polar surface area (TPSA) is 29.5 Å². The number of ether oxygens (including phenoxy) is 1. The molecule has 2 nitrogen and oxygen atoms in total. The highest BCUT2D eigenvalue weighted by molar-refractivity contribution is 7.99. The fourth-order valence-electron chi connectivity index (χ4n) is 3.28. The fraction of sp³-hybridized carbons (Fsp3) is 0.647. The van der Waals surface area contributed by atoms with Crippen LogP contribution in [-0.4, -0.2) is 40.7 Å². The van der Waals surface area contributed by atoms with Crippen LogP contribution in [0.3, 0.4) is 0 Å². The molecule has 3 atom stereocenters. The third kappa shape index (κ3) is 3.98. The van der Waals surface area contributed by atoms with E-state index in [1.54, 1.807) is 11.8 Å². The summed E-state index contributed by atoms with van der Waals surface area (Å²) in [6.07, 6.45) is 2.98. The third-order valence-electron chi connectivity index (χ3n) is 4.55. The molecule has 3 rings (SSSR count). The molecule has 1 aromatic carbocycles. The van der Waals surface area contributed by atoms with E-state index in [4.69, 9.17) is 4.74 Å². The largest absolute Gasteiger partial charge is 0.392 e. The van der Waals surface area contributed by atoms with Crippen molar-refractivity contribution >= 4 is 23.5 Å². The molecule has 2 heterocycles. The van der Waals surface area contributed by atoms with Crippen LogP contribution in [0.2, 0.25) is 0 Å². The first-order valence-electron chi connectivity index (χ1n) is 7.76. The van der Waals surface area contributed by atoms with E-state index >= 15 is 0 Å². The van der Waals surface area contributed by atoms with E-state index in [1.165, 1.54) is 16.2 Å². The van der Waals surface area contributed by atoms with Crippen molar-refractivity contribution in [2.24, 2.45) is 5.92 Å². The van der Waals surface area contributed by atoms with E-state index in [9.17, 15) is 5.11 Å². The molecule has 0 saturated carbocycles. The number of rotatable bonds is 4. The van der Waals surface area contributed by atoms with Crippen molar-refractivity contribution in [2.45, 2.75) is 42.8 Å². The Morgan fingerprint density at radius 2 is 2.43 bits per heavy atom. The number of aliphatic hydroxyl groups is 1. The van der Waals surface area contributed by atoms with E-state index in [0.29, 0.717) is 5.92 Å². The van der Waals surface area contributed by atoms with Gasteiger partial charge in [0.25, 0.3) is 0 Å². The van der Waals surface area contributed by atoms with Gasteiger partial charge in [0.15, 0.2) is 0 Å². The van der Waals surface area contributed by atoms with E-state index in [1.807, 2.05) is 11.8 Å². The zero-order valence-corrected chi connectivity index (χ0v) is 14.2. The molecule has 0 bridgehead atoms. The zero-order chi connectivity index (χ0) is 14.7. The lowest BCUT2D eigenvalue weighted by atomic mass is 9.83. The van der Waals surface area contributed by atoms with Gasteiger partial charge >= 0.3 is 0 Å². The quantitative estimate of drug-likeness (QED) is 0.854. The van der Waals surface area contributed by atoms with Crippen LogP contribution in [0.1, 0.15) is 24.8 Å². The molecule has 2 aliphatic rings. The molecule has 3 unspecified atom stereocenters. The van der Waals surface area contributed by atoms with Crippen molar-refractivity contribution in [1.29, 1.82) is 0 Å². The number of benzene rings is 1. The molecule has 0 aromatic heterocycles. The third-order valence-corrected chi connectivity index (χ3v) is 6.87. The first-order valence-corrected chi connectivity index (χ1v) is 9.90. The maximum absolute atomic E-state index is 10.6. The molecule has 2 aliphatic heterocycles. The van der Waals surface area contributed by atoms with Gasteiger partial charge in [0.2, 0.25) is 0 Å². The molecule has 0 aliphatic carbocycles. The van der Waals surface area contributed by atoms with Crippen LogP contribution in [0.4, 0.5) is 0 Å². The Balaban J connectivity index is 1.54. The van der Waals surface area contributed by atoms with Gasteiger partial charge in [-0.1, -0.05) is 17.7 Å². The van der Waals surface area contributed by atoms with Gasteiger partial charge < -0.3 is 9.84 Å². The van der Waals surface area contributed by atoms with Crippen LogP contribution in [0.25, 0.3) is 0 Å². The summed E-state index contributed by atoms with van der Waals surface area (Å²) in [7, 11) is 0. The summed E-state index contributed by atoms with van der Waals surface area (Å²) in [6, 6.07) is 8.52. The van der Waals surface area contributed by atoms with Crippen molar-refractivity contribution in [2.75, 3.05) is 23.9 Å². The van der Waals surface area contributed by atoms with E-state index in [2.05, 4.69) is 31.2 Å². The maximum Gasteiger partial charge on any atom is 0.0783 e. The number of aliphatic hydroxyl groups excluding tert-OH is 1. The van der Waals surface area contributed by atoms with Crippen molar-refractivity contribution in [1.82, 2.24) is 0 Å². The predicted molar refractivity (Wildman–Crippen MR) is 91.3 cm³/mol. The van der Waals surface area contributed by atoms with Crippen LogP contribution < -0.4 is 0 Å². The Morgan fingerprint density at radius 1 is 1.52 bits per heavy atom. The van der Waals surface area contributed by atoms with Gasteiger partial charge in [0, 0.05) is 23.0 Å². The number of hydrogen-bond acceptors (Lipinski definition) is 4. The second-order valence-corrected chi connectivity index (χ2v) is 8.48. The smallest absolute Gasteiger partial charge is 0.0783 e. The molecule has 1 N–H and O–H groups in total. The first kappa shape index (κ1) is 15.7. The number of hydrogen-bond donors (Lipinski definition) is 1. The van der Waals surface area contributed by atoms with E-state index < -0.39 is 0 Å². The van der Waals surface area contributed by atoms with Gasteiger partial charge in [-0.3, -0.25) is 0 Å². The Bertz CT molecular complexity index is 472. The summed E-state index contributed by atoms with van der Waals surface area (Å²) in [4.78, 5) is 1.26. The van der Waals surface area contributed by atoms with Crippen molar-refractivity contribution in [3.05, 3.63) is 29.8 Å². The molecule has 0 amide bonds. The lowest BCUT2D eigenvalue weighted by Crippen LogP contribution is -2.43. The Kier molecular flexibility index (Phi) is 5.20. The first-order chi connectivity index (χ1) is 10.2. The van der Waals surface area contributed by atoms with E-state index in [-0.39, 0.29) is 11.7 Å². The van der Waals surface area contributed by atoms with Crippen molar-refractivity contribution < 1.29 is 9.84 Å². The highest BCUT2D eigenvalue weighted by atomic mass is 32.2. The van der Waals surface area contributed by atoms with Crippen LogP contribution in [-0.2, 0) is 4.74 Å². The number of aryl methyl sites for hydroxylation is 1. The molecule has 2 saturated heterocycles. The molecule has 1 spiro atoms. The van der Waals surface area contributed by atoms with Crippen LogP contribution in [0, 0.1) is 12.8 Å². The predicted octanol–water partition coefficient (Wildman–Crippen LogP) is 3.75. The maximum atomic E-state index is 10.6. The zero-order valence-electron chi connectivity index (χ0n) is 12.6. The molecule has 21 heavy (non-hydrogen) atoms. The lowest BCUT2D eigenvalue weighted by Gasteiger charge is -2.39. The second kappa shape index (κ2) is 6.95. The highest BCUT2D eigenvalue weighted by Gasteiger charge is 2.42. The minimum absolute atomic E-state index is 0.0720. The van der Waals surface area contributed by atoms with Crippen molar-refractivity contribution in [3.63, 3.8) is 0 Å². The number of thioether (sulfide) groups is 2. The molecule has 4 heteroatoms. The van der Waals surface area contributed by atoms with E-state index in [0.717, 1.165) is 37.4 Å². The Morgan fingerprint density at radius 3 is 3.19 bits per heavy atom. The fourth-order valence-corrected chi connectivity index (χ4v) is 5.74. The summed E-state index contributed by atoms with van der Waals surface area (Å²) in [5.41, 5.74) is 1.35. The second-order valence-electron chi connectivity index (χ2n) is 6.28. The molecule has 2 fully saturated rings. The van der Waals surface area contributed by atoms with Gasteiger partial charge in [-0.25, -0.2) is 0 Å². The van der Waals surface area contributed by atoms with Gasteiger partial charge in [0.1, 0.15) is 0 Å². The minimum Gasteiger partial charge on any atom is -0.392 e.